The van der Waals surface area contributed by atoms with Crippen LogP contribution in [0.1, 0.15) is 5.56 Å². The minimum atomic E-state index is -0.746. The van der Waals surface area contributed by atoms with E-state index in [0.717, 1.165) is 22.2 Å². The van der Waals surface area contributed by atoms with Crippen LogP contribution in [-0.4, -0.2) is 21.8 Å². The first-order chi connectivity index (χ1) is 9.71. The molecule has 0 aliphatic heterocycles. The van der Waals surface area contributed by atoms with Crippen molar-refractivity contribution >= 4 is 11.0 Å². The standard InChI is InChI=1S/C16H16N2O2/c1-12-5-3-4-8-16(12,20-2)18-11-17-14-9-13(10-19)6-7-15(14)18/h3-9,11,19H,1,10H2,2H3. The average Bonchev–Trinajstić information content (AvgIpc) is 2.91. The molecule has 4 nitrogen and oxygen atoms in total. The van der Waals surface area contributed by atoms with Crippen LogP contribution in [0.2, 0.25) is 0 Å². The Morgan fingerprint density at radius 3 is 2.95 bits per heavy atom. The Labute approximate surface area is 117 Å². The normalized spacial score (nSPS) is 21.8. The Bertz CT molecular complexity index is 727. The zero-order valence-corrected chi connectivity index (χ0v) is 11.3. The lowest BCUT2D eigenvalue weighted by atomic mass is 9.98. The molecule has 3 rings (SSSR count). The van der Waals surface area contributed by atoms with E-state index in [4.69, 9.17) is 4.74 Å². The van der Waals surface area contributed by atoms with Gasteiger partial charge in [-0.25, -0.2) is 4.98 Å². The van der Waals surface area contributed by atoms with Gasteiger partial charge in [0.1, 0.15) is 0 Å². The Kier molecular flexibility index (Phi) is 3.04. The summed E-state index contributed by atoms with van der Waals surface area (Å²) in [6.07, 6.45) is 9.49. The second-order valence-electron chi connectivity index (χ2n) is 4.74. The van der Waals surface area contributed by atoms with Gasteiger partial charge in [-0.15, -0.1) is 0 Å². The van der Waals surface area contributed by atoms with Crippen LogP contribution in [0.5, 0.6) is 0 Å². The number of rotatable bonds is 3. The molecule has 1 N–H and O–H groups in total. The molecule has 0 amide bonds. The smallest absolute Gasteiger partial charge is 0.191 e. The first kappa shape index (κ1) is 12.8. The van der Waals surface area contributed by atoms with E-state index >= 15 is 0 Å². The maximum atomic E-state index is 9.20. The van der Waals surface area contributed by atoms with Crippen LogP contribution in [0.25, 0.3) is 11.0 Å². The van der Waals surface area contributed by atoms with E-state index in [1.807, 2.05) is 47.1 Å². The summed E-state index contributed by atoms with van der Waals surface area (Å²) in [5, 5.41) is 9.20. The van der Waals surface area contributed by atoms with Crippen molar-refractivity contribution in [2.24, 2.45) is 0 Å². The Hall–Kier alpha value is -2.17. The van der Waals surface area contributed by atoms with Crippen LogP contribution in [0.15, 0.2) is 61.0 Å². The maximum Gasteiger partial charge on any atom is 0.191 e. The van der Waals surface area contributed by atoms with E-state index < -0.39 is 5.72 Å². The number of aliphatic hydroxyl groups is 1. The fourth-order valence-electron chi connectivity index (χ4n) is 2.54. The fraction of sp³-hybridized carbons (Fsp3) is 0.188. The summed E-state index contributed by atoms with van der Waals surface area (Å²) in [6, 6.07) is 5.70. The number of hydrogen-bond acceptors (Lipinski definition) is 3. The van der Waals surface area contributed by atoms with Crippen molar-refractivity contribution in [3.8, 4) is 0 Å². The first-order valence-electron chi connectivity index (χ1n) is 6.39. The molecule has 0 spiro atoms. The Morgan fingerprint density at radius 1 is 1.40 bits per heavy atom. The van der Waals surface area contributed by atoms with Crippen molar-refractivity contribution in [1.29, 1.82) is 0 Å². The Balaban J connectivity index is 2.21. The molecular formula is C16H16N2O2. The van der Waals surface area contributed by atoms with E-state index in [0.29, 0.717) is 0 Å². The topological polar surface area (TPSA) is 47.3 Å². The SMILES string of the molecule is C=C1C=CC=CC1(OC)n1cnc2cc(CO)ccc21. The van der Waals surface area contributed by atoms with Gasteiger partial charge in [0, 0.05) is 12.7 Å². The molecule has 0 saturated carbocycles. The summed E-state index contributed by atoms with van der Waals surface area (Å²) in [5.41, 5.74) is 2.69. The lowest BCUT2D eigenvalue weighted by Crippen LogP contribution is -2.35. The zero-order chi connectivity index (χ0) is 14.2. The van der Waals surface area contributed by atoms with Crippen LogP contribution < -0.4 is 0 Å². The molecule has 1 unspecified atom stereocenters. The van der Waals surface area contributed by atoms with Gasteiger partial charge >= 0.3 is 0 Å². The van der Waals surface area contributed by atoms with Gasteiger partial charge in [-0.3, -0.25) is 4.57 Å². The second kappa shape index (κ2) is 4.74. The minimum Gasteiger partial charge on any atom is -0.392 e. The highest BCUT2D eigenvalue weighted by atomic mass is 16.5. The number of nitrogens with zero attached hydrogens (tertiary/aromatic N) is 2. The fourth-order valence-corrected chi connectivity index (χ4v) is 2.54. The number of allylic oxidation sites excluding steroid dienone is 2. The van der Waals surface area contributed by atoms with Crippen LogP contribution in [0, 0.1) is 0 Å². The lowest BCUT2D eigenvalue weighted by molar-refractivity contribution is 0.00507. The number of methoxy groups -OCH3 is 1. The molecule has 1 aliphatic carbocycles. The van der Waals surface area contributed by atoms with E-state index in [9.17, 15) is 5.11 Å². The molecule has 20 heavy (non-hydrogen) atoms. The first-order valence-corrected chi connectivity index (χ1v) is 6.39. The summed E-state index contributed by atoms with van der Waals surface area (Å²) < 4.78 is 7.69. The third-order valence-electron chi connectivity index (χ3n) is 3.65. The quantitative estimate of drug-likeness (QED) is 0.930. The maximum absolute atomic E-state index is 9.20. The molecule has 1 aliphatic rings. The molecule has 4 heteroatoms. The number of benzene rings is 1. The Morgan fingerprint density at radius 2 is 2.25 bits per heavy atom. The summed E-state index contributed by atoms with van der Waals surface area (Å²) in [7, 11) is 1.66. The number of aliphatic hydroxyl groups excluding tert-OH is 1. The van der Waals surface area contributed by atoms with Crippen molar-refractivity contribution < 1.29 is 9.84 Å². The summed E-state index contributed by atoms with van der Waals surface area (Å²) >= 11 is 0. The van der Waals surface area contributed by atoms with Crippen molar-refractivity contribution in [1.82, 2.24) is 9.55 Å². The predicted octanol–water partition coefficient (Wildman–Crippen LogP) is 2.51. The molecule has 1 aromatic heterocycles. The van der Waals surface area contributed by atoms with Crippen LogP contribution in [-0.2, 0) is 17.1 Å². The minimum absolute atomic E-state index is 0.00751. The highest BCUT2D eigenvalue weighted by Gasteiger charge is 2.33. The van der Waals surface area contributed by atoms with Gasteiger partial charge < -0.3 is 9.84 Å². The third kappa shape index (κ3) is 1.73. The van der Waals surface area contributed by atoms with Crippen LogP contribution >= 0.6 is 0 Å². The van der Waals surface area contributed by atoms with Crippen molar-refractivity contribution in [3.05, 3.63) is 66.5 Å². The van der Waals surface area contributed by atoms with Gasteiger partial charge in [0.15, 0.2) is 5.72 Å². The third-order valence-corrected chi connectivity index (χ3v) is 3.65. The molecule has 102 valence electrons. The van der Waals surface area contributed by atoms with Crippen LogP contribution in [0.4, 0.5) is 0 Å². The van der Waals surface area contributed by atoms with Crippen molar-refractivity contribution in [2.45, 2.75) is 12.3 Å². The van der Waals surface area contributed by atoms with Crippen LogP contribution in [0.3, 0.4) is 0 Å². The monoisotopic (exact) mass is 268 g/mol. The molecule has 1 heterocycles. The second-order valence-corrected chi connectivity index (χ2v) is 4.74. The van der Waals surface area contributed by atoms with Gasteiger partial charge in [0.2, 0.25) is 0 Å². The molecule has 2 aromatic rings. The van der Waals surface area contributed by atoms with Gasteiger partial charge in [0.25, 0.3) is 0 Å². The number of ether oxygens (including phenoxy) is 1. The largest absolute Gasteiger partial charge is 0.392 e. The average molecular weight is 268 g/mol. The lowest BCUT2D eigenvalue weighted by Gasteiger charge is -2.33. The van der Waals surface area contributed by atoms with Crippen molar-refractivity contribution in [3.63, 3.8) is 0 Å². The summed E-state index contributed by atoms with van der Waals surface area (Å²) in [6.45, 7) is 4.09. The van der Waals surface area contributed by atoms with E-state index in [1.165, 1.54) is 0 Å². The van der Waals surface area contributed by atoms with Gasteiger partial charge in [-0.05, 0) is 23.8 Å². The van der Waals surface area contributed by atoms with E-state index in [-0.39, 0.29) is 6.61 Å². The molecule has 0 radical (unpaired) electrons. The number of hydrogen-bond donors (Lipinski definition) is 1. The molecule has 0 saturated heterocycles. The highest BCUT2D eigenvalue weighted by Crippen LogP contribution is 2.34. The summed E-state index contributed by atoms with van der Waals surface area (Å²) in [4.78, 5) is 4.40. The van der Waals surface area contributed by atoms with Gasteiger partial charge in [0.05, 0.1) is 24.0 Å². The molecule has 0 bridgehead atoms. The van der Waals surface area contributed by atoms with E-state index in [1.54, 1.807) is 13.4 Å². The number of aromatic nitrogens is 2. The van der Waals surface area contributed by atoms with E-state index in [2.05, 4.69) is 11.6 Å². The number of imidazole rings is 1. The number of fused-ring (bicyclic) bond motifs is 1. The summed E-state index contributed by atoms with van der Waals surface area (Å²) in [5.74, 6) is 0. The predicted molar refractivity (Wildman–Crippen MR) is 78.1 cm³/mol. The zero-order valence-electron chi connectivity index (χ0n) is 11.3. The highest BCUT2D eigenvalue weighted by molar-refractivity contribution is 5.77. The van der Waals surface area contributed by atoms with Gasteiger partial charge in [-0.1, -0.05) is 30.9 Å². The van der Waals surface area contributed by atoms with Crippen molar-refractivity contribution in [2.75, 3.05) is 7.11 Å². The molecular weight excluding hydrogens is 252 g/mol. The molecule has 0 fully saturated rings. The molecule has 1 aromatic carbocycles. The molecule has 1 atom stereocenters. The van der Waals surface area contributed by atoms with Gasteiger partial charge in [-0.2, -0.15) is 0 Å².